The molecule has 0 fully saturated rings. The number of benzene rings is 1. The van der Waals surface area contributed by atoms with Crippen molar-refractivity contribution < 1.29 is 15.0 Å². The number of phenols is 1. The molecule has 1 rings (SSSR count). The zero-order valence-electron chi connectivity index (χ0n) is 7.64. The number of nitrogens with zero attached hydrogens (tertiary/aromatic N) is 2. The predicted molar refractivity (Wildman–Crippen MR) is 50.1 cm³/mol. The Labute approximate surface area is 80.7 Å². The predicted octanol–water partition coefficient (Wildman–Crippen LogP) is 2.19. The largest absolute Gasteiger partial charge is 0.507 e. The van der Waals surface area contributed by atoms with E-state index in [2.05, 4.69) is 10.2 Å². The van der Waals surface area contributed by atoms with Gasteiger partial charge in [-0.15, -0.1) is 0 Å². The molecule has 5 heteroatoms. The summed E-state index contributed by atoms with van der Waals surface area (Å²) in [6.07, 6.45) is 0. The molecule has 0 heterocycles. The molecule has 5 nitrogen and oxygen atoms in total. The van der Waals surface area contributed by atoms with Crippen molar-refractivity contribution in [3.63, 3.8) is 0 Å². The fourth-order valence-electron chi connectivity index (χ4n) is 0.910. The Morgan fingerprint density at radius 3 is 2.79 bits per heavy atom. The summed E-state index contributed by atoms with van der Waals surface area (Å²) in [5.41, 5.74) is 0.250. The first-order valence-corrected chi connectivity index (χ1v) is 4.09. The Bertz CT molecular complexity index is 374. The van der Waals surface area contributed by atoms with Gasteiger partial charge in [0.1, 0.15) is 11.3 Å². The summed E-state index contributed by atoms with van der Waals surface area (Å²) >= 11 is 0. The number of azo groups is 1. The molecule has 14 heavy (non-hydrogen) atoms. The molecule has 0 aliphatic carbocycles. The zero-order chi connectivity index (χ0) is 10.6. The lowest BCUT2D eigenvalue weighted by molar-refractivity contribution is 0.0694. The topological polar surface area (TPSA) is 82.2 Å². The van der Waals surface area contributed by atoms with Gasteiger partial charge in [0.15, 0.2) is 0 Å². The standard InChI is InChI=1S/C9H10N2O3/c1-2-10-11-6-3-4-8(12)7(5-6)9(13)14/h3-5,12H,2H2,1H3,(H,13,14)/b11-10-. The van der Waals surface area contributed by atoms with E-state index in [4.69, 9.17) is 5.11 Å². The number of aromatic hydroxyl groups is 1. The van der Waals surface area contributed by atoms with E-state index in [1.807, 2.05) is 6.92 Å². The minimum Gasteiger partial charge on any atom is -0.507 e. The van der Waals surface area contributed by atoms with Crippen LogP contribution in [0.4, 0.5) is 5.69 Å². The van der Waals surface area contributed by atoms with Crippen LogP contribution in [-0.4, -0.2) is 22.7 Å². The summed E-state index contributed by atoms with van der Waals surface area (Å²) in [7, 11) is 0. The first-order valence-electron chi connectivity index (χ1n) is 4.09. The highest BCUT2D eigenvalue weighted by molar-refractivity contribution is 5.91. The maximum atomic E-state index is 10.6. The Hall–Kier alpha value is -1.91. The van der Waals surface area contributed by atoms with Crippen LogP contribution in [0.5, 0.6) is 5.75 Å². The fourth-order valence-corrected chi connectivity index (χ4v) is 0.910. The smallest absolute Gasteiger partial charge is 0.339 e. The average Bonchev–Trinajstić information content (AvgIpc) is 2.16. The van der Waals surface area contributed by atoms with E-state index < -0.39 is 5.97 Å². The van der Waals surface area contributed by atoms with E-state index in [0.717, 1.165) is 0 Å². The van der Waals surface area contributed by atoms with E-state index in [9.17, 15) is 9.90 Å². The van der Waals surface area contributed by atoms with Crippen molar-refractivity contribution in [1.82, 2.24) is 0 Å². The molecule has 0 radical (unpaired) electrons. The van der Waals surface area contributed by atoms with Gasteiger partial charge in [0.25, 0.3) is 0 Å². The summed E-state index contributed by atoms with van der Waals surface area (Å²) in [4.78, 5) is 10.6. The summed E-state index contributed by atoms with van der Waals surface area (Å²) in [5, 5.41) is 25.3. The van der Waals surface area contributed by atoms with Gasteiger partial charge in [-0.3, -0.25) is 0 Å². The molecule has 0 unspecified atom stereocenters. The average molecular weight is 194 g/mol. The van der Waals surface area contributed by atoms with Crippen LogP contribution >= 0.6 is 0 Å². The molecular formula is C9H10N2O3. The maximum absolute atomic E-state index is 10.6. The van der Waals surface area contributed by atoms with Crippen molar-refractivity contribution in [1.29, 1.82) is 0 Å². The summed E-state index contributed by atoms with van der Waals surface area (Å²) in [5.74, 6) is -1.45. The van der Waals surface area contributed by atoms with Crippen LogP contribution < -0.4 is 0 Å². The van der Waals surface area contributed by atoms with E-state index >= 15 is 0 Å². The van der Waals surface area contributed by atoms with Crippen molar-refractivity contribution in [3.8, 4) is 5.75 Å². The Morgan fingerprint density at radius 2 is 2.21 bits per heavy atom. The van der Waals surface area contributed by atoms with Gasteiger partial charge in [-0.25, -0.2) is 4.79 Å². The summed E-state index contributed by atoms with van der Waals surface area (Å²) in [6.45, 7) is 2.35. The normalized spacial score (nSPS) is 10.6. The molecule has 74 valence electrons. The fraction of sp³-hybridized carbons (Fsp3) is 0.222. The van der Waals surface area contributed by atoms with Gasteiger partial charge in [-0.2, -0.15) is 10.2 Å². The van der Waals surface area contributed by atoms with Crippen molar-refractivity contribution in [2.75, 3.05) is 6.54 Å². The highest BCUT2D eigenvalue weighted by atomic mass is 16.4. The quantitative estimate of drug-likeness (QED) is 0.723. The molecule has 0 aromatic heterocycles. The van der Waals surface area contributed by atoms with E-state index in [1.54, 1.807) is 0 Å². The van der Waals surface area contributed by atoms with Crippen molar-refractivity contribution >= 4 is 11.7 Å². The Kier molecular flexibility index (Phi) is 3.17. The number of carboxylic acids is 1. The summed E-state index contributed by atoms with van der Waals surface area (Å²) < 4.78 is 0. The van der Waals surface area contributed by atoms with Gasteiger partial charge in [0, 0.05) is 0 Å². The van der Waals surface area contributed by atoms with Crippen molar-refractivity contribution in [3.05, 3.63) is 23.8 Å². The molecule has 2 N–H and O–H groups in total. The number of carbonyl (C=O) groups is 1. The lowest BCUT2D eigenvalue weighted by Gasteiger charge is -1.99. The maximum Gasteiger partial charge on any atom is 0.339 e. The lowest BCUT2D eigenvalue weighted by atomic mass is 10.2. The van der Waals surface area contributed by atoms with Crippen molar-refractivity contribution in [2.24, 2.45) is 10.2 Å². The lowest BCUT2D eigenvalue weighted by Crippen LogP contribution is -1.95. The number of rotatable bonds is 3. The molecule has 0 aliphatic heterocycles. The monoisotopic (exact) mass is 194 g/mol. The molecule has 0 aliphatic rings. The van der Waals surface area contributed by atoms with Gasteiger partial charge >= 0.3 is 5.97 Å². The highest BCUT2D eigenvalue weighted by Gasteiger charge is 2.09. The van der Waals surface area contributed by atoms with Crippen LogP contribution in [0.15, 0.2) is 28.4 Å². The molecule has 1 aromatic rings. The van der Waals surface area contributed by atoms with Crippen LogP contribution in [0.2, 0.25) is 0 Å². The SMILES string of the molecule is CC/N=N\c1ccc(O)c(C(=O)O)c1. The number of carboxylic acid groups (broad SMARTS) is 1. The molecule has 0 saturated carbocycles. The van der Waals surface area contributed by atoms with Gasteiger partial charge in [0.05, 0.1) is 12.2 Å². The molecule has 0 bridgehead atoms. The Morgan fingerprint density at radius 1 is 1.50 bits per heavy atom. The number of aromatic carboxylic acids is 1. The third kappa shape index (κ3) is 2.29. The zero-order valence-corrected chi connectivity index (χ0v) is 7.64. The molecule has 0 atom stereocenters. The van der Waals surface area contributed by atoms with Crippen molar-refractivity contribution in [2.45, 2.75) is 6.92 Å². The number of hydrogen-bond acceptors (Lipinski definition) is 4. The second kappa shape index (κ2) is 4.36. The molecule has 0 amide bonds. The van der Waals surface area contributed by atoms with Crippen LogP contribution in [-0.2, 0) is 0 Å². The third-order valence-electron chi connectivity index (χ3n) is 1.54. The molecule has 0 spiro atoms. The second-order valence-electron chi connectivity index (χ2n) is 2.56. The van der Waals surface area contributed by atoms with Gasteiger partial charge < -0.3 is 10.2 Å². The first kappa shape index (κ1) is 10.2. The van der Waals surface area contributed by atoms with Crippen LogP contribution in [0.3, 0.4) is 0 Å². The van der Waals surface area contributed by atoms with Gasteiger partial charge in [-0.1, -0.05) is 0 Å². The van der Waals surface area contributed by atoms with Gasteiger partial charge in [0.2, 0.25) is 0 Å². The molecule has 0 saturated heterocycles. The van der Waals surface area contributed by atoms with E-state index in [-0.39, 0.29) is 11.3 Å². The van der Waals surface area contributed by atoms with Gasteiger partial charge in [-0.05, 0) is 25.1 Å². The second-order valence-corrected chi connectivity index (χ2v) is 2.56. The third-order valence-corrected chi connectivity index (χ3v) is 1.54. The van der Waals surface area contributed by atoms with Crippen LogP contribution in [0.1, 0.15) is 17.3 Å². The minimum atomic E-state index is -1.18. The summed E-state index contributed by atoms with van der Waals surface area (Å²) in [6, 6.07) is 4.06. The minimum absolute atomic E-state index is 0.169. The van der Waals surface area contributed by atoms with Crippen LogP contribution in [0.25, 0.3) is 0 Å². The molecule has 1 aromatic carbocycles. The van der Waals surface area contributed by atoms with E-state index in [1.165, 1.54) is 18.2 Å². The van der Waals surface area contributed by atoms with E-state index in [0.29, 0.717) is 12.2 Å². The number of hydrogen-bond donors (Lipinski definition) is 2. The Balaban J connectivity index is 3.06. The molecular weight excluding hydrogens is 184 g/mol. The first-order chi connectivity index (χ1) is 6.65. The highest BCUT2D eigenvalue weighted by Crippen LogP contribution is 2.23. The van der Waals surface area contributed by atoms with Crippen LogP contribution in [0, 0.1) is 0 Å².